The summed E-state index contributed by atoms with van der Waals surface area (Å²) >= 11 is 0. The fourth-order valence-electron chi connectivity index (χ4n) is 1.38. The molecule has 0 aliphatic rings. The Hall–Kier alpha value is -1.52. The van der Waals surface area contributed by atoms with Gasteiger partial charge in [0.05, 0.1) is 0 Å². The van der Waals surface area contributed by atoms with E-state index in [4.69, 9.17) is 5.73 Å². The number of aromatic nitrogens is 2. The van der Waals surface area contributed by atoms with Gasteiger partial charge < -0.3 is 5.73 Å². The molecule has 14 heavy (non-hydrogen) atoms. The zero-order chi connectivity index (χ0) is 10.7. The molecule has 5 heteroatoms. The van der Waals surface area contributed by atoms with Crippen LogP contribution in [0.1, 0.15) is 20.3 Å². The Kier molecular flexibility index (Phi) is 3.11. The van der Waals surface area contributed by atoms with Gasteiger partial charge in [-0.25, -0.2) is 4.79 Å². The average molecular weight is 197 g/mol. The number of anilines is 1. The summed E-state index contributed by atoms with van der Waals surface area (Å²) in [4.78, 5) is 23.1. The second-order valence-electron chi connectivity index (χ2n) is 3.09. The number of nitrogen functional groups attached to an aromatic ring is 1. The number of hydrogen-bond donors (Lipinski definition) is 1. The van der Waals surface area contributed by atoms with Crippen LogP contribution in [-0.4, -0.2) is 9.13 Å². The Balaban J connectivity index is 3.45. The summed E-state index contributed by atoms with van der Waals surface area (Å²) < 4.78 is 2.59. The standard InChI is InChI=1S/C9H15N3O2/c1-3-5-12-8(13)6-7(10)11(4-2)9(12)14/h6H,3-5,10H2,1-2H3. The summed E-state index contributed by atoms with van der Waals surface area (Å²) in [6.07, 6.45) is 0.753. The first-order valence-electron chi connectivity index (χ1n) is 4.72. The molecule has 2 N–H and O–H groups in total. The minimum atomic E-state index is -0.320. The van der Waals surface area contributed by atoms with Crippen molar-refractivity contribution in [2.75, 3.05) is 5.73 Å². The fourth-order valence-corrected chi connectivity index (χ4v) is 1.38. The molecule has 0 aliphatic carbocycles. The molecule has 1 aromatic rings. The lowest BCUT2D eigenvalue weighted by molar-refractivity contribution is 0.563. The first kappa shape index (κ1) is 10.6. The third kappa shape index (κ3) is 1.71. The molecule has 0 bridgehead atoms. The summed E-state index contributed by atoms with van der Waals surface area (Å²) in [6.45, 7) is 4.66. The van der Waals surface area contributed by atoms with Gasteiger partial charge in [0.1, 0.15) is 5.82 Å². The van der Waals surface area contributed by atoms with Gasteiger partial charge in [-0.2, -0.15) is 0 Å². The van der Waals surface area contributed by atoms with Crippen molar-refractivity contribution in [2.24, 2.45) is 0 Å². The van der Waals surface area contributed by atoms with Crippen molar-refractivity contribution in [3.05, 3.63) is 26.9 Å². The lowest BCUT2D eigenvalue weighted by Crippen LogP contribution is -2.40. The summed E-state index contributed by atoms with van der Waals surface area (Å²) in [7, 11) is 0. The average Bonchev–Trinajstić information content (AvgIpc) is 2.12. The Morgan fingerprint density at radius 2 is 1.93 bits per heavy atom. The molecule has 0 saturated heterocycles. The molecule has 1 heterocycles. The molecular weight excluding hydrogens is 182 g/mol. The van der Waals surface area contributed by atoms with Crippen molar-refractivity contribution in [3.63, 3.8) is 0 Å². The van der Waals surface area contributed by atoms with Gasteiger partial charge in [-0.15, -0.1) is 0 Å². The number of nitrogens with two attached hydrogens (primary N) is 1. The molecule has 0 atom stereocenters. The molecule has 5 nitrogen and oxygen atoms in total. The summed E-state index contributed by atoms with van der Waals surface area (Å²) in [5.74, 6) is 0.231. The Morgan fingerprint density at radius 3 is 2.43 bits per heavy atom. The maximum absolute atomic E-state index is 11.7. The maximum Gasteiger partial charge on any atom is 0.332 e. The molecule has 0 radical (unpaired) electrons. The molecular formula is C9H15N3O2. The molecule has 0 unspecified atom stereocenters. The van der Waals surface area contributed by atoms with Gasteiger partial charge in [-0.05, 0) is 13.3 Å². The van der Waals surface area contributed by atoms with E-state index >= 15 is 0 Å². The summed E-state index contributed by atoms with van der Waals surface area (Å²) in [6, 6.07) is 1.29. The fraction of sp³-hybridized carbons (Fsp3) is 0.556. The molecule has 0 saturated carbocycles. The third-order valence-corrected chi connectivity index (χ3v) is 2.07. The minimum absolute atomic E-state index is 0.231. The Bertz CT molecular complexity index is 431. The van der Waals surface area contributed by atoms with Gasteiger partial charge in [0.2, 0.25) is 0 Å². The van der Waals surface area contributed by atoms with E-state index < -0.39 is 0 Å². The van der Waals surface area contributed by atoms with Crippen molar-refractivity contribution in [2.45, 2.75) is 33.4 Å². The second kappa shape index (κ2) is 4.13. The van der Waals surface area contributed by atoms with E-state index in [9.17, 15) is 9.59 Å². The van der Waals surface area contributed by atoms with Crippen molar-refractivity contribution < 1.29 is 0 Å². The highest BCUT2D eigenvalue weighted by molar-refractivity contribution is 5.26. The van der Waals surface area contributed by atoms with E-state index in [0.29, 0.717) is 13.1 Å². The minimum Gasteiger partial charge on any atom is -0.385 e. The van der Waals surface area contributed by atoms with Gasteiger partial charge >= 0.3 is 5.69 Å². The summed E-state index contributed by atoms with van der Waals surface area (Å²) in [5.41, 5.74) is 4.91. The molecule has 0 amide bonds. The molecule has 78 valence electrons. The van der Waals surface area contributed by atoms with Crippen LogP contribution < -0.4 is 17.0 Å². The Labute approximate surface area is 81.8 Å². The first-order chi connectivity index (χ1) is 6.61. The molecule has 1 aromatic heterocycles. The van der Waals surface area contributed by atoms with E-state index in [2.05, 4.69) is 0 Å². The zero-order valence-corrected chi connectivity index (χ0v) is 8.49. The number of hydrogen-bond acceptors (Lipinski definition) is 3. The normalized spacial score (nSPS) is 10.4. The lowest BCUT2D eigenvalue weighted by Gasteiger charge is -2.09. The van der Waals surface area contributed by atoms with Crippen LogP contribution in [-0.2, 0) is 13.1 Å². The third-order valence-electron chi connectivity index (χ3n) is 2.07. The van der Waals surface area contributed by atoms with Crippen LogP contribution in [0.15, 0.2) is 15.7 Å². The van der Waals surface area contributed by atoms with E-state index in [1.807, 2.05) is 13.8 Å². The van der Waals surface area contributed by atoms with E-state index in [-0.39, 0.29) is 17.1 Å². The molecule has 0 aromatic carbocycles. The van der Waals surface area contributed by atoms with Crippen molar-refractivity contribution in [1.29, 1.82) is 0 Å². The van der Waals surface area contributed by atoms with Crippen LogP contribution in [0.2, 0.25) is 0 Å². The van der Waals surface area contributed by atoms with Crippen LogP contribution in [0.4, 0.5) is 5.82 Å². The first-order valence-corrected chi connectivity index (χ1v) is 4.72. The second-order valence-corrected chi connectivity index (χ2v) is 3.09. The highest BCUT2D eigenvalue weighted by atomic mass is 16.2. The summed E-state index contributed by atoms with van der Waals surface area (Å²) in [5, 5.41) is 0. The highest BCUT2D eigenvalue weighted by Crippen LogP contribution is 1.93. The van der Waals surface area contributed by atoms with E-state index in [0.717, 1.165) is 6.42 Å². The topological polar surface area (TPSA) is 70.0 Å². The van der Waals surface area contributed by atoms with E-state index in [1.165, 1.54) is 15.2 Å². The molecule has 1 rings (SSSR count). The predicted molar refractivity (Wildman–Crippen MR) is 55.3 cm³/mol. The highest BCUT2D eigenvalue weighted by Gasteiger charge is 2.06. The van der Waals surface area contributed by atoms with Gasteiger partial charge in [0, 0.05) is 19.2 Å². The van der Waals surface area contributed by atoms with Crippen molar-refractivity contribution >= 4 is 5.82 Å². The molecule has 0 fully saturated rings. The monoisotopic (exact) mass is 197 g/mol. The van der Waals surface area contributed by atoms with Gasteiger partial charge in [0.25, 0.3) is 5.56 Å². The zero-order valence-electron chi connectivity index (χ0n) is 8.49. The van der Waals surface area contributed by atoms with Crippen molar-refractivity contribution in [1.82, 2.24) is 9.13 Å². The molecule has 0 spiro atoms. The Morgan fingerprint density at radius 1 is 1.29 bits per heavy atom. The van der Waals surface area contributed by atoms with Crippen LogP contribution in [0.25, 0.3) is 0 Å². The number of nitrogens with zero attached hydrogens (tertiary/aromatic N) is 2. The van der Waals surface area contributed by atoms with Gasteiger partial charge in [0.15, 0.2) is 0 Å². The maximum atomic E-state index is 11.7. The van der Waals surface area contributed by atoms with Gasteiger partial charge in [-0.1, -0.05) is 6.92 Å². The van der Waals surface area contributed by atoms with Crippen LogP contribution in [0, 0.1) is 0 Å². The van der Waals surface area contributed by atoms with Crippen LogP contribution in [0.5, 0.6) is 0 Å². The van der Waals surface area contributed by atoms with E-state index in [1.54, 1.807) is 0 Å². The van der Waals surface area contributed by atoms with Crippen LogP contribution >= 0.6 is 0 Å². The molecule has 0 aliphatic heterocycles. The van der Waals surface area contributed by atoms with Crippen LogP contribution in [0.3, 0.4) is 0 Å². The smallest absolute Gasteiger partial charge is 0.332 e. The quantitative estimate of drug-likeness (QED) is 0.742. The van der Waals surface area contributed by atoms with Crippen molar-refractivity contribution in [3.8, 4) is 0 Å². The SMILES string of the molecule is CCCn1c(=O)cc(N)n(CC)c1=O. The number of rotatable bonds is 3. The largest absolute Gasteiger partial charge is 0.385 e. The van der Waals surface area contributed by atoms with Gasteiger partial charge in [-0.3, -0.25) is 13.9 Å². The lowest BCUT2D eigenvalue weighted by atomic mass is 10.4. The predicted octanol–water partition coefficient (Wildman–Crippen LogP) is 0.0221.